The number of carboxylic acids is 1. The van der Waals surface area contributed by atoms with Crippen molar-refractivity contribution in [3.63, 3.8) is 0 Å². The first-order valence-electron chi connectivity index (χ1n) is 5.64. The van der Waals surface area contributed by atoms with Crippen molar-refractivity contribution in [1.82, 2.24) is 0 Å². The zero-order chi connectivity index (χ0) is 12.5. The molecular weight excluding hydrogens is 232 g/mol. The molecular formula is C14H16O2S. The van der Waals surface area contributed by atoms with E-state index in [1.807, 2.05) is 55.7 Å². The maximum atomic E-state index is 11.0. The Morgan fingerprint density at radius 1 is 1.35 bits per heavy atom. The molecule has 0 spiro atoms. The third kappa shape index (κ3) is 2.55. The topological polar surface area (TPSA) is 37.3 Å². The molecule has 2 unspecified atom stereocenters. The van der Waals surface area contributed by atoms with Gasteiger partial charge in [-0.05, 0) is 28.9 Å². The summed E-state index contributed by atoms with van der Waals surface area (Å²) in [5.74, 6) is -0.749. The van der Waals surface area contributed by atoms with Gasteiger partial charge in [-0.15, -0.1) is 0 Å². The molecule has 1 saturated carbocycles. The number of carbonyl (C=O) groups is 1. The number of thioether (sulfide) groups is 1. The van der Waals surface area contributed by atoms with Crippen molar-refractivity contribution in [2.45, 2.75) is 18.7 Å². The Morgan fingerprint density at radius 2 is 2.00 bits per heavy atom. The van der Waals surface area contributed by atoms with E-state index in [9.17, 15) is 4.79 Å². The summed E-state index contributed by atoms with van der Waals surface area (Å²) in [6.07, 6.45) is 2.02. The fraction of sp³-hybridized carbons (Fsp3) is 0.357. The van der Waals surface area contributed by atoms with E-state index in [-0.39, 0.29) is 17.3 Å². The maximum Gasteiger partial charge on any atom is 0.307 e. The highest BCUT2D eigenvalue weighted by atomic mass is 32.2. The molecule has 17 heavy (non-hydrogen) atoms. The Kier molecular flexibility index (Phi) is 3.29. The lowest BCUT2D eigenvalue weighted by molar-refractivity contribution is -0.139. The van der Waals surface area contributed by atoms with Crippen LogP contribution in [0.5, 0.6) is 0 Å². The number of hydrogen-bond acceptors (Lipinski definition) is 2. The second kappa shape index (κ2) is 4.57. The molecule has 0 aromatic heterocycles. The molecule has 1 N–H and O–H groups in total. The normalized spacial score (nSPS) is 26.0. The largest absolute Gasteiger partial charge is 0.481 e. The summed E-state index contributed by atoms with van der Waals surface area (Å²) in [5, 5.41) is 11.0. The first-order valence-corrected chi connectivity index (χ1v) is 6.52. The Morgan fingerprint density at radius 3 is 2.53 bits per heavy atom. The van der Waals surface area contributed by atoms with Gasteiger partial charge in [0.2, 0.25) is 0 Å². The first kappa shape index (κ1) is 12.2. The van der Waals surface area contributed by atoms with Crippen molar-refractivity contribution in [1.29, 1.82) is 0 Å². The molecule has 2 rings (SSSR count). The summed E-state index contributed by atoms with van der Waals surface area (Å²) in [6, 6.07) is 10.1. The van der Waals surface area contributed by atoms with Crippen molar-refractivity contribution in [3.8, 4) is 0 Å². The molecule has 1 fully saturated rings. The van der Waals surface area contributed by atoms with E-state index in [0.717, 1.165) is 0 Å². The minimum absolute atomic E-state index is 0.0976. The van der Waals surface area contributed by atoms with Crippen LogP contribution in [0.15, 0.2) is 46.7 Å². The van der Waals surface area contributed by atoms with Crippen molar-refractivity contribution < 1.29 is 9.90 Å². The lowest BCUT2D eigenvalue weighted by Gasteiger charge is -1.97. The molecule has 1 aliphatic rings. The van der Waals surface area contributed by atoms with Crippen LogP contribution in [0.2, 0.25) is 0 Å². The van der Waals surface area contributed by atoms with Gasteiger partial charge in [-0.3, -0.25) is 4.79 Å². The second-order valence-corrected chi connectivity index (χ2v) is 5.90. The Hall–Kier alpha value is -1.22. The lowest BCUT2D eigenvalue weighted by Crippen LogP contribution is -2.02. The molecule has 90 valence electrons. The van der Waals surface area contributed by atoms with Gasteiger partial charge >= 0.3 is 5.97 Å². The van der Waals surface area contributed by atoms with Gasteiger partial charge in [0, 0.05) is 4.90 Å². The maximum absolute atomic E-state index is 11.0. The molecule has 0 aliphatic heterocycles. The molecule has 2 nitrogen and oxygen atoms in total. The molecule has 0 amide bonds. The molecule has 0 bridgehead atoms. The SMILES string of the molecule is CC1(C)C(C=CSc2ccccc2)C1C(=O)O. The predicted molar refractivity (Wildman–Crippen MR) is 69.8 cm³/mol. The molecule has 3 heteroatoms. The van der Waals surface area contributed by atoms with Crippen LogP contribution in [0.1, 0.15) is 13.8 Å². The van der Waals surface area contributed by atoms with E-state index in [2.05, 4.69) is 0 Å². The van der Waals surface area contributed by atoms with Crippen LogP contribution < -0.4 is 0 Å². The molecule has 1 aromatic rings. The summed E-state index contributed by atoms with van der Waals surface area (Å²) in [5.41, 5.74) is -0.0976. The van der Waals surface area contributed by atoms with Gasteiger partial charge in [0.15, 0.2) is 0 Å². The van der Waals surface area contributed by atoms with Gasteiger partial charge in [-0.25, -0.2) is 0 Å². The molecule has 0 radical (unpaired) electrons. The third-order valence-electron chi connectivity index (χ3n) is 3.41. The smallest absolute Gasteiger partial charge is 0.307 e. The molecule has 1 aromatic carbocycles. The van der Waals surface area contributed by atoms with Crippen LogP contribution in [0, 0.1) is 17.3 Å². The fourth-order valence-electron chi connectivity index (χ4n) is 2.21. The number of aliphatic carboxylic acids is 1. The minimum atomic E-state index is -0.686. The summed E-state index contributed by atoms with van der Waals surface area (Å²) in [4.78, 5) is 12.2. The second-order valence-electron chi connectivity index (χ2n) is 4.92. The third-order valence-corrected chi connectivity index (χ3v) is 4.25. The Labute approximate surface area is 106 Å². The van der Waals surface area contributed by atoms with Crippen LogP contribution in [-0.4, -0.2) is 11.1 Å². The number of allylic oxidation sites excluding steroid dienone is 1. The fourth-order valence-corrected chi connectivity index (χ4v) is 2.93. The zero-order valence-electron chi connectivity index (χ0n) is 9.96. The van der Waals surface area contributed by atoms with Gasteiger partial charge in [0.1, 0.15) is 0 Å². The van der Waals surface area contributed by atoms with Crippen molar-refractivity contribution >= 4 is 17.7 Å². The monoisotopic (exact) mass is 248 g/mol. The van der Waals surface area contributed by atoms with Crippen LogP contribution in [0.4, 0.5) is 0 Å². The van der Waals surface area contributed by atoms with E-state index < -0.39 is 5.97 Å². The highest BCUT2D eigenvalue weighted by Crippen LogP contribution is 2.59. The highest BCUT2D eigenvalue weighted by molar-refractivity contribution is 8.02. The van der Waals surface area contributed by atoms with Crippen molar-refractivity contribution in [3.05, 3.63) is 41.8 Å². The molecule has 0 saturated heterocycles. The van der Waals surface area contributed by atoms with Crippen molar-refractivity contribution in [2.75, 3.05) is 0 Å². The number of hydrogen-bond donors (Lipinski definition) is 1. The summed E-state index contributed by atoms with van der Waals surface area (Å²) in [6.45, 7) is 4.02. The lowest BCUT2D eigenvalue weighted by atomic mass is 10.1. The van der Waals surface area contributed by atoms with E-state index in [1.54, 1.807) is 11.8 Å². The van der Waals surface area contributed by atoms with Gasteiger partial charge in [0.25, 0.3) is 0 Å². The van der Waals surface area contributed by atoms with Crippen LogP contribution >= 0.6 is 11.8 Å². The summed E-state index contributed by atoms with van der Waals surface area (Å²) < 4.78 is 0. The van der Waals surface area contributed by atoms with E-state index in [0.29, 0.717) is 0 Å². The zero-order valence-corrected chi connectivity index (χ0v) is 10.8. The molecule has 0 heterocycles. The van der Waals surface area contributed by atoms with Gasteiger partial charge < -0.3 is 5.11 Å². The number of rotatable bonds is 4. The molecule has 1 aliphatic carbocycles. The van der Waals surface area contributed by atoms with Crippen LogP contribution in [0.3, 0.4) is 0 Å². The van der Waals surface area contributed by atoms with Crippen LogP contribution in [-0.2, 0) is 4.79 Å². The number of carboxylic acid groups (broad SMARTS) is 1. The van der Waals surface area contributed by atoms with E-state index >= 15 is 0 Å². The highest BCUT2D eigenvalue weighted by Gasteiger charge is 2.60. The predicted octanol–water partition coefficient (Wildman–Crippen LogP) is 3.65. The number of benzene rings is 1. The average molecular weight is 248 g/mol. The van der Waals surface area contributed by atoms with Gasteiger partial charge in [-0.1, -0.05) is 49.9 Å². The standard InChI is InChI=1S/C14H16O2S/c1-14(2)11(12(14)13(15)16)8-9-17-10-6-4-3-5-7-10/h3-9,11-12H,1-2H3,(H,15,16). The minimum Gasteiger partial charge on any atom is -0.481 e. The average Bonchev–Trinajstić information content (AvgIpc) is 2.82. The quantitative estimate of drug-likeness (QED) is 0.826. The Bertz CT molecular complexity index is 437. The molecule has 2 atom stereocenters. The van der Waals surface area contributed by atoms with E-state index in [1.165, 1.54) is 4.90 Å². The first-order chi connectivity index (χ1) is 8.03. The summed E-state index contributed by atoms with van der Waals surface area (Å²) >= 11 is 1.63. The van der Waals surface area contributed by atoms with Crippen LogP contribution in [0.25, 0.3) is 0 Å². The van der Waals surface area contributed by atoms with Crippen molar-refractivity contribution in [2.24, 2.45) is 17.3 Å². The Balaban J connectivity index is 1.93. The van der Waals surface area contributed by atoms with Gasteiger partial charge in [0.05, 0.1) is 5.92 Å². The summed E-state index contributed by atoms with van der Waals surface area (Å²) in [7, 11) is 0. The van der Waals surface area contributed by atoms with E-state index in [4.69, 9.17) is 5.11 Å². The van der Waals surface area contributed by atoms with Gasteiger partial charge in [-0.2, -0.15) is 0 Å².